The van der Waals surface area contributed by atoms with Crippen LogP contribution in [0, 0.1) is 6.92 Å². The summed E-state index contributed by atoms with van der Waals surface area (Å²) in [6, 6.07) is 19.3. The number of nitrogens with zero attached hydrogens (tertiary/aromatic N) is 1. The maximum atomic E-state index is 2.45. The van der Waals surface area contributed by atoms with E-state index in [4.69, 9.17) is 0 Å². The van der Waals surface area contributed by atoms with Crippen molar-refractivity contribution in [2.45, 2.75) is 20.3 Å². The molecule has 0 radical (unpaired) electrons. The van der Waals surface area contributed by atoms with Crippen LogP contribution in [0.5, 0.6) is 0 Å². The fraction of sp³-hybridized carbons (Fsp3) is 0.294. The first-order valence-electron chi connectivity index (χ1n) is 6.65. The van der Waals surface area contributed by atoms with Crippen molar-refractivity contribution < 1.29 is 0 Å². The number of aryl methyl sites for hydroxylation is 1. The molecule has 0 aliphatic rings. The van der Waals surface area contributed by atoms with E-state index in [1.165, 1.54) is 16.8 Å². The molecule has 0 spiro atoms. The van der Waals surface area contributed by atoms with Gasteiger partial charge in [-0.15, -0.1) is 0 Å². The van der Waals surface area contributed by atoms with Crippen LogP contribution in [0.4, 0.5) is 5.69 Å². The Labute approximate surface area is 110 Å². The molecule has 0 bridgehead atoms. The van der Waals surface area contributed by atoms with Crippen molar-refractivity contribution in [2.24, 2.45) is 0 Å². The molecule has 0 unspecified atom stereocenters. The van der Waals surface area contributed by atoms with E-state index in [1.54, 1.807) is 0 Å². The Morgan fingerprint density at radius 3 is 2.22 bits per heavy atom. The minimum Gasteiger partial charge on any atom is -0.371 e. The fourth-order valence-electron chi connectivity index (χ4n) is 2.28. The van der Waals surface area contributed by atoms with Gasteiger partial charge < -0.3 is 4.90 Å². The Kier molecular flexibility index (Phi) is 4.40. The third kappa shape index (κ3) is 3.13. The molecule has 1 heteroatoms. The average Bonchev–Trinajstić information content (AvgIpc) is 2.42. The summed E-state index contributed by atoms with van der Waals surface area (Å²) in [6.45, 7) is 6.53. The highest BCUT2D eigenvalue weighted by Gasteiger charge is 2.06. The van der Waals surface area contributed by atoms with Crippen LogP contribution in [0.2, 0.25) is 0 Å². The van der Waals surface area contributed by atoms with Gasteiger partial charge in [0.25, 0.3) is 0 Å². The van der Waals surface area contributed by atoms with Gasteiger partial charge >= 0.3 is 0 Å². The SMILES string of the molecule is CCN(CCc1ccccc1)c1ccccc1C. The summed E-state index contributed by atoms with van der Waals surface area (Å²) >= 11 is 0. The topological polar surface area (TPSA) is 3.24 Å². The van der Waals surface area contributed by atoms with Crippen molar-refractivity contribution in [3.8, 4) is 0 Å². The summed E-state index contributed by atoms with van der Waals surface area (Å²) in [6.07, 6.45) is 1.10. The summed E-state index contributed by atoms with van der Waals surface area (Å²) in [5.74, 6) is 0. The van der Waals surface area contributed by atoms with E-state index in [1.807, 2.05) is 0 Å². The van der Waals surface area contributed by atoms with Crippen LogP contribution in [0.3, 0.4) is 0 Å². The maximum Gasteiger partial charge on any atom is 0.0395 e. The van der Waals surface area contributed by atoms with Gasteiger partial charge in [-0.3, -0.25) is 0 Å². The molecule has 0 aromatic heterocycles. The van der Waals surface area contributed by atoms with Crippen LogP contribution in [-0.4, -0.2) is 13.1 Å². The molecule has 0 atom stereocenters. The van der Waals surface area contributed by atoms with Crippen molar-refractivity contribution in [1.29, 1.82) is 0 Å². The quantitative estimate of drug-likeness (QED) is 0.760. The Balaban J connectivity index is 2.04. The molecule has 0 aliphatic carbocycles. The number of rotatable bonds is 5. The molecular formula is C17H21N. The van der Waals surface area contributed by atoms with Crippen LogP contribution < -0.4 is 4.90 Å². The Morgan fingerprint density at radius 2 is 1.56 bits per heavy atom. The van der Waals surface area contributed by atoms with Gasteiger partial charge in [-0.25, -0.2) is 0 Å². The number of benzene rings is 2. The van der Waals surface area contributed by atoms with Crippen LogP contribution in [0.1, 0.15) is 18.1 Å². The Bertz CT molecular complexity index is 476. The predicted molar refractivity (Wildman–Crippen MR) is 79.2 cm³/mol. The zero-order valence-corrected chi connectivity index (χ0v) is 11.3. The van der Waals surface area contributed by atoms with Crippen molar-refractivity contribution in [2.75, 3.05) is 18.0 Å². The second-order valence-electron chi connectivity index (χ2n) is 4.60. The number of para-hydroxylation sites is 1. The maximum absolute atomic E-state index is 2.45. The number of hydrogen-bond donors (Lipinski definition) is 0. The van der Waals surface area contributed by atoms with E-state index in [9.17, 15) is 0 Å². The lowest BCUT2D eigenvalue weighted by Crippen LogP contribution is -2.26. The van der Waals surface area contributed by atoms with Crippen LogP contribution >= 0.6 is 0 Å². The van der Waals surface area contributed by atoms with Gasteiger partial charge in [0, 0.05) is 18.8 Å². The summed E-state index contributed by atoms with van der Waals surface area (Å²) < 4.78 is 0. The van der Waals surface area contributed by atoms with E-state index in [0.29, 0.717) is 0 Å². The van der Waals surface area contributed by atoms with E-state index in [0.717, 1.165) is 19.5 Å². The van der Waals surface area contributed by atoms with Crippen molar-refractivity contribution >= 4 is 5.69 Å². The lowest BCUT2D eigenvalue weighted by molar-refractivity contribution is 0.806. The lowest BCUT2D eigenvalue weighted by atomic mass is 10.1. The molecule has 94 valence electrons. The number of anilines is 1. The van der Waals surface area contributed by atoms with E-state index in [2.05, 4.69) is 73.3 Å². The van der Waals surface area contributed by atoms with E-state index in [-0.39, 0.29) is 0 Å². The van der Waals surface area contributed by atoms with Crippen molar-refractivity contribution in [3.63, 3.8) is 0 Å². The van der Waals surface area contributed by atoms with Gasteiger partial charge in [0.1, 0.15) is 0 Å². The second-order valence-corrected chi connectivity index (χ2v) is 4.60. The Hall–Kier alpha value is -1.76. The molecule has 0 amide bonds. The molecule has 0 saturated heterocycles. The molecule has 2 aromatic carbocycles. The molecular weight excluding hydrogens is 218 g/mol. The van der Waals surface area contributed by atoms with E-state index < -0.39 is 0 Å². The second kappa shape index (κ2) is 6.25. The Morgan fingerprint density at radius 1 is 0.889 bits per heavy atom. The van der Waals surface area contributed by atoms with Gasteiger partial charge in [0.2, 0.25) is 0 Å². The number of likely N-dealkylation sites (N-methyl/N-ethyl adjacent to an activating group) is 1. The molecule has 2 aromatic rings. The zero-order valence-electron chi connectivity index (χ0n) is 11.3. The average molecular weight is 239 g/mol. The van der Waals surface area contributed by atoms with Crippen molar-refractivity contribution in [1.82, 2.24) is 0 Å². The molecule has 18 heavy (non-hydrogen) atoms. The first-order valence-corrected chi connectivity index (χ1v) is 6.65. The monoisotopic (exact) mass is 239 g/mol. The van der Waals surface area contributed by atoms with Gasteiger partial charge in [-0.2, -0.15) is 0 Å². The highest BCUT2D eigenvalue weighted by molar-refractivity contribution is 5.52. The molecule has 0 fully saturated rings. The van der Waals surface area contributed by atoms with Gasteiger partial charge in [-0.1, -0.05) is 48.5 Å². The molecule has 1 nitrogen and oxygen atoms in total. The van der Waals surface area contributed by atoms with Gasteiger partial charge in [0.15, 0.2) is 0 Å². The molecule has 0 saturated carbocycles. The first-order chi connectivity index (χ1) is 8.81. The summed E-state index contributed by atoms with van der Waals surface area (Å²) in [5.41, 5.74) is 4.12. The smallest absolute Gasteiger partial charge is 0.0395 e. The molecule has 0 heterocycles. The summed E-state index contributed by atoms with van der Waals surface area (Å²) in [5, 5.41) is 0. The molecule has 0 N–H and O–H groups in total. The lowest BCUT2D eigenvalue weighted by Gasteiger charge is -2.25. The predicted octanol–water partition coefficient (Wildman–Crippen LogP) is 4.06. The van der Waals surface area contributed by atoms with E-state index >= 15 is 0 Å². The minimum atomic E-state index is 1.05. The van der Waals surface area contributed by atoms with Gasteiger partial charge in [0.05, 0.1) is 0 Å². The third-order valence-electron chi connectivity index (χ3n) is 3.35. The number of hydrogen-bond acceptors (Lipinski definition) is 1. The molecule has 2 rings (SSSR count). The highest BCUT2D eigenvalue weighted by atomic mass is 15.1. The molecule has 0 aliphatic heterocycles. The zero-order chi connectivity index (χ0) is 12.8. The van der Waals surface area contributed by atoms with Gasteiger partial charge in [-0.05, 0) is 37.5 Å². The first kappa shape index (κ1) is 12.7. The van der Waals surface area contributed by atoms with Crippen LogP contribution in [0.25, 0.3) is 0 Å². The normalized spacial score (nSPS) is 10.3. The third-order valence-corrected chi connectivity index (χ3v) is 3.35. The fourth-order valence-corrected chi connectivity index (χ4v) is 2.28. The summed E-state index contributed by atoms with van der Waals surface area (Å²) in [7, 11) is 0. The highest BCUT2D eigenvalue weighted by Crippen LogP contribution is 2.19. The van der Waals surface area contributed by atoms with Crippen LogP contribution in [0.15, 0.2) is 54.6 Å². The van der Waals surface area contributed by atoms with Crippen molar-refractivity contribution in [3.05, 3.63) is 65.7 Å². The largest absolute Gasteiger partial charge is 0.371 e. The minimum absolute atomic E-state index is 1.05. The van der Waals surface area contributed by atoms with Crippen LogP contribution in [-0.2, 0) is 6.42 Å². The summed E-state index contributed by atoms with van der Waals surface area (Å²) in [4.78, 5) is 2.45. The standard InChI is InChI=1S/C17H21N/c1-3-18(17-12-8-7-9-15(17)2)14-13-16-10-5-4-6-11-16/h4-12H,3,13-14H2,1-2H3.